The maximum atomic E-state index is 1.67. The normalized spacial score (nSPS) is 73.1. The second-order valence-electron chi connectivity index (χ2n) is 2.96. The Morgan fingerprint density at radius 2 is 1.57 bits per heavy atom. The van der Waals surface area contributed by atoms with E-state index >= 15 is 0 Å². The molecule has 1 heteroatoms. The fraction of sp³-hybridized carbons (Fsp3) is 1.00. The zero-order chi connectivity index (χ0) is 4.43. The van der Waals surface area contributed by atoms with Crippen LogP contribution in [0.4, 0.5) is 0 Å². The van der Waals surface area contributed by atoms with Crippen molar-refractivity contribution in [3.63, 3.8) is 0 Å². The molecule has 4 atom stereocenters. The molecule has 0 aromatic heterocycles. The zero-order valence-corrected chi connectivity index (χ0v) is 6.26. The van der Waals surface area contributed by atoms with Gasteiger partial charge in [-0.05, 0) is 0 Å². The van der Waals surface area contributed by atoms with E-state index in [2.05, 4.69) is 0 Å². The minimum atomic E-state index is 0.786. The predicted molar refractivity (Wildman–Crippen MR) is 23.8 cm³/mol. The van der Waals surface area contributed by atoms with E-state index in [-0.39, 0.29) is 0 Å². The summed E-state index contributed by atoms with van der Waals surface area (Å²) in [7, 11) is 0. The molecule has 0 radical (unpaired) electrons. The molecular weight excluding hydrogens is 199 g/mol. The molecule has 4 aliphatic rings. The number of hydrogen-bond donors (Lipinski definition) is 0. The quantitative estimate of drug-likeness (QED) is 0.314. The Balaban J connectivity index is 2.09. The van der Waals surface area contributed by atoms with Gasteiger partial charge in [-0.3, -0.25) is 0 Å². The molecule has 4 rings (SSSR count). The Bertz CT molecular complexity index is 99.3. The first-order valence-electron chi connectivity index (χ1n) is 3.07. The summed E-state index contributed by atoms with van der Waals surface area (Å²) in [6, 6.07) is 0. The van der Waals surface area contributed by atoms with E-state index in [0.29, 0.717) is 0 Å². The van der Waals surface area contributed by atoms with E-state index < -0.39 is 0 Å². The summed E-state index contributed by atoms with van der Waals surface area (Å²) in [5, 5.41) is 0. The Hall–Kier alpha value is 0.730. The third kappa shape index (κ3) is 0.291. The summed E-state index contributed by atoms with van der Waals surface area (Å²) >= 11 is 0.786. The molecule has 0 nitrogen and oxygen atoms in total. The van der Waals surface area contributed by atoms with Crippen molar-refractivity contribution in [3.8, 4) is 0 Å². The molecular formula is C6H8I-. The first-order valence-corrected chi connectivity index (χ1v) is 5.56. The van der Waals surface area contributed by atoms with Crippen molar-refractivity contribution in [2.24, 2.45) is 11.8 Å². The third-order valence-electron chi connectivity index (χ3n) is 2.59. The van der Waals surface area contributed by atoms with Gasteiger partial charge >= 0.3 is 53.7 Å². The summed E-state index contributed by atoms with van der Waals surface area (Å²) in [4.78, 5) is 0. The molecule has 40 valence electrons. The predicted octanol–water partition coefficient (Wildman–Crippen LogP) is -2.13. The van der Waals surface area contributed by atoms with Crippen LogP contribution in [0.5, 0.6) is 0 Å². The molecule has 2 heterocycles. The van der Waals surface area contributed by atoms with Crippen molar-refractivity contribution in [3.05, 3.63) is 0 Å². The Morgan fingerprint density at radius 1 is 1.00 bits per heavy atom. The summed E-state index contributed by atoms with van der Waals surface area (Å²) < 4.78 is 2.68. The van der Waals surface area contributed by atoms with Gasteiger partial charge in [0.2, 0.25) is 0 Å². The maximum absolute atomic E-state index is 1.67. The first-order chi connectivity index (χ1) is 3.45. The number of hydrogen-bond acceptors (Lipinski definition) is 0. The van der Waals surface area contributed by atoms with Gasteiger partial charge in [0.25, 0.3) is 0 Å². The fourth-order valence-corrected chi connectivity index (χ4v) is 6.66. The average Bonchev–Trinajstić information content (AvgIpc) is 2.10. The minimum absolute atomic E-state index is 0.786. The van der Waals surface area contributed by atoms with Crippen molar-refractivity contribution in [1.29, 1.82) is 0 Å². The van der Waals surface area contributed by atoms with Crippen molar-refractivity contribution in [1.82, 2.24) is 0 Å². The van der Waals surface area contributed by atoms with E-state index in [0.717, 1.165) is 21.2 Å². The Morgan fingerprint density at radius 3 is 1.71 bits per heavy atom. The van der Waals surface area contributed by atoms with Crippen LogP contribution in [0.25, 0.3) is 0 Å². The van der Waals surface area contributed by atoms with Crippen molar-refractivity contribution in [2.75, 3.05) is 0 Å². The van der Waals surface area contributed by atoms with Gasteiger partial charge in [0.1, 0.15) is 0 Å². The number of alkyl halides is 2. The van der Waals surface area contributed by atoms with Crippen LogP contribution in [0.2, 0.25) is 0 Å². The van der Waals surface area contributed by atoms with Crippen LogP contribution in [0, 0.1) is 11.8 Å². The second-order valence-corrected chi connectivity index (χ2v) is 6.88. The van der Waals surface area contributed by atoms with Gasteiger partial charge in [0.15, 0.2) is 0 Å². The topological polar surface area (TPSA) is 0 Å². The molecule has 2 bridgehead atoms. The summed E-state index contributed by atoms with van der Waals surface area (Å²) in [5.74, 6) is 2.61. The fourth-order valence-electron chi connectivity index (χ4n) is 2.02. The van der Waals surface area contributed by atoms with Crippen molar-refractivity contribution < 1.29 is 21.2 Å². The van der Waals surface area contributed by atoms with Crippen LogP contribution in [0.3, 0.4) is 0 Å². The van der Waals surface area contributed by atoms with Crippen molar-refractivity contribution in [2.45, 2.75) is 20.7 Å². The van der Waals surface area contributed by atoms with Gasteiger partial charge in [0, 0.05) is 0 Å². The van der Waals surface area contributed by atoms with Gasteiger partial charge in [-0.15, -0.1) is 0 Å². The molecule has 0 aromatic rings. The summed E-state index contributed by atoms with van der Waals surface area (Å²) in [5.41, 5.74) is 0. The molecule has 0 N–H and O–H groups in total. The van der Waals surface area contributed by atoms with E-state index in [1.807, 2.05) is 0 Å². The van der Waals surface area contributed by atoms with Crippen LogP contribution in [0.15, 0.2) is 0 Å². The van der Waals surface area contributed by atoms with Crippen LogP contribution < -0.4 is 21.2 Å². The molecule has 7 heavy (non-hydrogen) atoms. The van der Waals surface area contributed by atoms with E-state index in [4.69, 9.17) is 0 Å². The van der Waals surface area contributed by atoms with Gasteiger partial charge in [0.05, 0.1) is 0 Å². The molecule has 2 saturated heterocycles. The second kappa shape index (κ2) is 0.893. The molecule has 0 spiro atoms. The molecule has 2 aliphatic carbocycles. The van der Waals surface area contributed by atoms with Crippen LogP contribution in [0.1, 0.15) is 12.8 Å². The SMILES string of the molecule is C1C2[I-]C1[C@@H]1C[C@H]21. The molecule has 2 unspecified atom stereocenters. The van der Waals surface area contributed by atoms with Crippen LogP contribution in [-0.2, 0) is 0 Å². The molecule has 2 saturated carbocycles. The van der Waals surface area contributed by atoms with Crippen LogP contribution in [-0.4, -0.2) is 7.85 Å². The van der Waals surface area contributed by atoms with Gasteiger partial charge in [-0.25, -0.2) is 0 Å². The molecule has 2 aliphatic heterocycles. The molecule has 0 aromatic carbocycles. The van der Waals surface area contributed by atoms with E-state index in [1.165, 1.54) is 19.7 Å². The molecule has 4 fully saturated rings. The first kappa shape index (κ1) is 3.70. The monoisotopic (exact) mass is 207 g/mol. The van der Waals surface area contributed by atoms with Gasteiger partial charge < -0.3 is 0 Å². The zero-order valence-electron chi connectivity index (χ0n) is 4.10. The van der Waals surface area contributed by atoms with Crippen LogP contribution >= 0.6 is 0 Å². The Labute approximate surface area is 53.9 Å². The van der Waals surface area contributed by atoms with Gasteiger partial charge in [-0.1, -0.05) is 0 Å². The van der Waals surface area contributed by atoms with Gasteiger partial charge in [-0.2, -0.15) is 0 Å². The third-order valence-corrected chi connectivity index (χ3v) is 7.31. The summed E-state index contributed by atoms with van der Waals surface area (Å²) in [6.45, 7) is 0. The average molecular weight is 207 g/mol. The standard InChI is InChI=1S/C6H8I/c1-3-4(1)6-2-5(3)7-6/h3-6H,1-2H2/q-1/t3-,4+,5?,6?. The summed E-state index contributed by atoms with van der Waals surface area (Å²) in [6.07, 6.45) is 3.32. The molecule has 0 amide bonds. The number of halogens is 1. The van der Waals surface area contributed by atoms with E-state index in [1.54, 1.807) is 12.8 Å². The number of rotatable bonds is 0. The Kier molecular flexibility index (Phi) is 0.472. The van der Waals surface area contributed by atoms with Crippen molar-refractivity contribution >= 4 is 0 Å². The van der Waals surface area contributed by atoms with E-state index in [9.17, 15) is 0 Å².